The van der Waals surface area contributed by atoms with Gasteiger partial charge in [0.05, 0.1) is 38.4 Å². The van der Waals surface area contributed by atoms with Crippen LogP contribution in [0.25, 0.3) is 0 Å². The summed E-state index contributed by atoms with van der Waals surface area (Å²) in [6.07, 6.45) is 0. The summed E-state index contributed by atoms with van der Waals surface area (Å²) in [4.78, 5) is 43.6. The Morgan fingerprint density at radius 1 is 1.09 bits per heavy atom. The molecular weight excluding hydrogens is 432 g/mol. The first kappa shape index (κ1) is 22.4. The maximum absolute atomic E-state index is 13.3. The van der Waals surface area contributed by atoms with Crippen LogP contribution in [0.2, 0.25) is 0 Å². The van der Waals surface area contributed by atoms with Gasteiger partial charge in [-0.25, -0.2) is 0 Å². The Hall–Kier alpha value is -2.75. The minimum absolute atomic E-state index is 0.327. The number of amides is 1. The molecule has 3 heterocycles. The first-order valence-corrected chi connectivity index (χ1v) is 11.4. The second-order valence-corrected chi connectivity index (χ2v) is 8.64. The second kappa shape index (κ2) is 9.81. The Morgan fingerprint density at radius 3 is 2.50 bits per heavy atom. The summed E-state index contributed by atoms with van der Waals surface area (Å²) in [6, 6.07) is 8.01. The van der Waals surface area contributed by atoms with Crippen molar-refractivity contribution in [3.63, 3.8) is 0 Å². The van der Waals surface area contributed by atoms with Crippen molar-refractivity contribution < 1.29 is 28.6 Å². The first-order chi connectivity index (χ1) is 15.5. The van der Waals surface area contributed by atoms with E-state index in [0.29, 0.717) is 48.2 Å². The van der Waals surface area contributed by atoms with Crippen LogP contribution in [0.1, 0.15) is 21.3 Å². The zero-order chi connectivity index (χ0) is 22.7. The molecule has 0 bridgehead atoms. The van der Waals surface area contributed by atoms with Gasteiger partial charge in [-0.3, -0.25) is 19.3 Å². The number of ketones is 2. The summed E-state index contributed by atoms with van der Waals surface area (Å²) in [6.45, 7) is 3.78. The van der Waals surface area contributed by atoms with Crippen LogP contribution in [-0.2, 0) is 14.3 Å². The lowest BCUT2D eigenvalue weighted by Crippen LogP contribution is -2.42. The van der Waals surface area contributed by atoms with Crippen molar-refractivity contribution >= 4 is 28.8 Å². The van der Waals surface area contributed by atoms with Crippen LogP contribution in [0.4, 0.5) is 0 Å². The van der Waals surface area contributed by atoms with Crippen molar-refractivity contribution in [1.82, 2.24) is 9.80 Å². The minimum Gasteiger partial charge on any atom is -0.493 e. The highest BCUT2D eigenvalue weighted by atomic mass is 32.1. The third-order valence-corrected chi connectivity index (χ3v) is 6.85. The molecule has 1 aromatic carbocycles. The van der Waals surface area contributed by atoms with Crippen LogP contribution in [0.5, 0.6) is 11.5 Å². The number of hydrogen-bond donors (Lipinski definition) is 0. The van der Waals surface area contributed by atoms with E-state index in [1.54, 1.807) is 35.7 Å². The molecule has 2 atom stereocenters. The summed E-state index contributed by atoms with van der Waals surface area (Å²) in [5.41, 5.74) is 0.665. The average Bonchev–Trinajstić information content (AvgIpc) is 3.45. The molecule has 1 amide bonds. The lowest BCUT2D eigenvalue weighted by molar-refractivity contribution is -0.141. The van der Waals surface area contributed by atoms with Gasteiger partial charge in [0.2, 0.25) is 5.78 Å². The molecule has 4 rings (SSSR count). The van der Waals surface area contributed by atoms with Gasteiger partial charge in [-0.2, -0.15) is 0 Å². The molecule has 2 aliphatic heterocycles. The molecule has 9 heteroatoms. The summed E-state index contributed by atoms with van der Waals surface area (Å²) in [5, 5.41) is 1.79. The second-order valence-electron chi connectivity index (χ2n) is 7.70. The Morgan fingerprint density at radius 2 is 1.84 bits per heavy atom. The van der Waals surface area contributed by atoms with Gasteiger partial charge in [0, 0.05) is 26.2 Å². The van der Waals surface area contributed by atoms with Crippen molar-refractivity contribution in [2.24, 2.45) is 5.92 Å². The molecule has 8 nitrogen and oxygen atoms in total. The Kier molecular flexibility index (Phi) is 6.88. The molecule has 0 radical (unpaired) electrons. The molecule has 2 saturated heterocycles. The van der Waals surface area contributed by atoms with Crippen LogP contribution in [0, 0.1) is 5.92 Å². The topological polar surface area (TPSA) is 85.4 Å². The van der Waals surface area contributed by atoms with E-state index in [0.717, 1.165) is 13.1 Å². The molecule has 32 heavy (non-hydrogen) atoms. The fourth-order valence-electron chi connectivity index (χ4n) is 4.28. The molecule has 0 saturated carbocycles. The highest BCUT2D eigenvalue weighted by Crippen LogP contribution is 2.41. The van der Waals surface area contributed by atoms with Crippen LogP contribution in [0.3, 0.4) is 0 Å². The number of carbonyl (C=O) groups is 3. The number of carbonyl (C=O) groups excluding carboxylic acids is 3. The van der Waals surface area contributed by atoms with E-state index < -0.39 is 23.7 Å². The van der Waals surface area contributed by atoms with E-state index in [4.69, 9.17) is 14.2 Å². The van der Waals surface area contributed by atoms with Gasteiger partial charge in [-0.15, -0.1) is 11.3 Å². The quantitative estimate of drug-likeness (QED) is 0.340. The fourth-order valence-corrected chi connectivity index (χ4v) is 4.99. The maximum Gasteiger partial charge on any atom is 0.291 e. The van der Waals surface area contributed by atoms with E-state index in [1.807, 2.05) is 0 Å². The highest BCUT2D eigenvalue weighted by Gasteiger charge is 2.51. The van der Waals surface area contributed by atoms with Crippen LogP contribution < -0.4 is 9.47 Å². The van der Waals surface area contributed by atoms with E-state index in [1.165, 1.54) is 30.5 Å². The van der Waals surface area contributed by atoms with E-state index >= 15 is 0 Å². The number of nitrogens with zero attached hydrogens (tertiary/aromatic N) is 2. The zero-order valence-electron chi connectivity index (χ0n) is 18.1. The summed E-state index contributed by atoms with van der Waals surface area (Å²) < 4.78 is 16.1. The lowest BCUT2D eigenvalue weighted by atomic mass is 9.88. The van der Waals surface area contributed by atoms with Crippen molar-refractivity contribution in [2.45, 2.75) is 6.04 Å². The summed E-state index contributed by atoms with van der Waals surface area (Å²) in [7, 11) is 3.06. The molecular formula is C23H26N2O6S. The molecule has 2 fully saturated rings. The predicted octanol–water partition coefficient (Wildman–Crippen LogP) is 2.05. The van der Waals surface area contributed by atoms with Gasteiger partial charge in [-0.1, -0.05) is 12.1 Å². The third kappa shape index (κ3) is 4.28. The zero-order valence-corrected chi connectivity index (χ0v) is 18.9. The third-order valence-electron chi connectivity index (χ3n) is 5.96. The number of thiophene rings is 1. The van der Waals surface area contributed by atoms with Crippen LogP contribution in [-0.4, -0.2) is 80.9 Å². The summed E-state index contributed by atoms with van der Waals surface area (Å²) >= 11 is 1.27. The van der Waals surface area contributed by atoms with Crippen molar-refractivity contribution in [3.05, 3.63) is 46.2 Å². The van der Waals surface area contributed by atoms with E-state index in [-0.39, 0.29) is 5.78 Å². The number of likely N-dealkylation sites (tertiary alicyclic amines) is 1. The van der Waals surface area contributed by atoms with Gasteiger partial charge in [0.15, 0.2) is 17.3 Å². The Labute approximate surface area is 190 Å². The number of Topliss-reactive ketones (excluding diaryl/α,β-unsaturated/α-hetero) is 2. The number of rotatable bonds is 8. The monoisotopic (exact) mass is 458 g/mol. The van der Waals surface area contributed by atoms with Crippen LogP contribution in [0.15, 0.2) is 35.7 Å². The average molecular weight is 459 g/mol. The van der Waals surface area contributed by atoms with Crippen molar-refractivity contribution in [2.75, 3.05) is 53.6 Å². The van der Waals surface area contributed by atoms with E-state index in [2.05, 4.69) is 4.90 Å². The van der Waals surface area contributed by atoms with Gasteiger partial charge in [0.1, 0.15) is 5.92 Å². The van der Waals surface area contributed by atoms with Gasteiger partial charge in [0.25, 0.3) is 5.91 Å². The number of ether oxygens (including phenoxy) is 3. The molecule has 0 N–H and O–H groups in total. The highest BCUT2D eigenvalue weighted by molar-refractivity contribution is 7.12. The smallest absolute Gasteiger partial charge is 0.291 e. The number of benzene rings is 1. The molecule has 1 aromatic heterocycles. The number of morpholine rings is 1. The SMILES string of the molecule is COc1ccc(C2C(C(=O)c3cccs3)C(=O)C(=O)N2CCN2CCOCC2)cc1OC. The van der Waals surface area contributed by atoms with Gasteiger partial charge >= 0.3 is 0 Å². The Balaban J connectivity index is 1.69. The normalized spacial score (nSPS) is 21.8. The molecule has 0 aliphatic carbocycles. The Bertz CT molecular complexity index is 986. The van der Waals surface area contributed by atoms with E-state index in [9.17, 15) is 14.4 Å². The first-order valence-electron chi connectivity index (χ1n) is 10.5. The molecule has 2 unspecified atom stereocenters. The standard InChI is InChI=1S/C23H26N2O6S/c1-29-16-6-5-15(14-17(16)30-2)20-19(21(26)18-4-3-13-32-18)22(27)23(28)25(20)8-7-24-9-11-31-12-10-24/h3-6,13-14,19-20H,7-12H2,1-2H3. The lowest BCUT2D eigenvalue weighted by Gasteiger charge is -2.31. The summed E-state index contributed by atoms with van der Waals surface area (Å²) in [5.74, 6) is -1.69. The van der Waals surface area contributed by atoms with Gasteiger partial charge in [-0.05, 0) is 29.1 Å². The fraction of sp³-hybridized carbons (Fsp3) is 0.435. The van der Waals surface area contributed by atoms with Crippen molar-refractivity contribution in [1.29, 1.82) is 0 Å². The molecule has 170 valence electrons. The minimum atomic E-state index is -1.09. The molecule has 0 spiro atoms. The predicted molar refractivity (Wildman–Crippen MR) is 118 cm³/mol. The van der Waals surface area contributed by atoms with Gasteiger partial charge < -0.3 is 19.1 Å². The largest absolute Gasteiger partial charge is 0.493 e. The maximum atomic E-state index is 13.3. The van der Waals surface area contributed by atoms with Crippen molar-refractivity contribution in [3.8, 4) is 11.5 Å². The number of hydrogen-bond acceptors (Lipinski definition) is 8. The molecule has 2 aliphatic rings. The van der Waals surface area contributed by atoms with Crippen LogP contribution >= 0.6 is 11.3 Å². The molecule has 2 aromatic rings. The number of methoxy groups -OCH3 is 2.